The molecule has 3 aliphatic rings. The van der Waals surface area contributed by atoms with Gasteiger partial charge < -0.3 is 0 Å². The first kappa shape index (κ1) is 15.8. The van der Waals surface area contributed by atoms with Crippen LogP contribution in [0.5, 0.6) is 0 Å². The first-order valence-electron chi connectivity index (χ1n) is 9.77. The van der Waals surface area contributed by atoms with Crippen LogP contribution in [0.15, 0.2) is 0 Å². The van der Waals surface area contributed by atoms with Gasteiger partial charge in [-0.3, -0.25) is 0 Å². The van der Waals surface area contributed by atoms with Crippen molar-refractivity contribution < 1.29 is 4.39 Å². The van der Waals surface area contributed by atoms with Crippen molar-refractivity contribution in [2.45, 2.75) is 90.6 Å². The molecule has 0 aliphatic heterocycles. The van der Waals surface area contributed by atoms with Crippen LogP contribution >= 0.6 is 0 Å². The lowest BCUT2D eigenvalue weighted by atomic mass is 9.65. The van der Waals surface area contributed by atoms with Crippen LogP contribution < -0.4 is 0 Å². The van der Waals surface area contributed by atoms with Crippen LogP contribution in [0.3, 0.4) is 0 Å². The second-order valence-corrected chi connectivity index (χ2v) is 8.76. The minimum absolute atomic E-state index is 0.321. The van der Waals surface area contributed by atoms with Crippen LogP contribution in [0.2, 0.25) is 0 Å². The zero-order valence-electron chi connectivity index (χ0n) is 14.2. The van der Waals surface area contributed by atoms with E-state index in [1.165, 1.54) is 57.8 Å². The van der Waals surface area contributed by atoms with Gasteiger partial charge in [0, 0.05) is 0 Å². The summed E-state index contributed by atoms with van der Waals surface area (Å²) in [5.74, 6) is 4.91. The average molecular weight is 294 g/mol. The Bertz CT molecular complexity index is 310. The molecule has 0 radical (unpaired) electrons. The molecule has 0 aromatic carbocycles. The fraction of sp³-hybridized carbons (Fsp3) is 1.00. The van der Waals surface area contributed by atoms with Crippen molar-refractivity contribution in [1.29, 1.82) is 0 Å². The largest absolute Gasteiger partial charge is 0.247 e. The summed E-state index contributed by atoms with van der Waals surface area (Å²) in [4.78, 5) is 0. The Morgan fingerprint density at radius 1 is 0.571 bits per heavy atom. The number of hydrogen-bond acceptors (Lipinski definition) is 0. The quantitative estimate of drug-likeness (QED) is 0.553. The van der Waals surface area contributed by atoms with E-state index in [4.69, 9.17) is 0 Å². The molecule has 3 rings (SSSR count). The van der Waals surface area contributed by atoms with E-state index in [1.807, 2.05) is 0 Å². The summed E-state index contributed by atoms with van der Waals surface area (Å²) < 4.78 is 14.0. The lowest BCUT2D eigenvalue weighted by Crippen LogP contribution is -2.32. The number of hydrogen-bond donors (Lipinski definition) is 0. The van der Waals surface area contributed by atoms with Crippen LogP contribution in [0.4, 0.5) is 4.39 Å². The minimum Gasteiger partial charge on any atom is -0.247 e. The van der Waals surface area contributed by atoms with E-state index in [1.54, 1.807) is 0 Å². The predicted molar refractivity (Wildman–Crippen MR) is 88.0 cm³/mol. The first-order valence-corrected chi connectivity index (χ1v) is 9.77. The molecule has 0 amide bonds. The molecule has 0 heterocycles. The molecule has 3 aliphatic carbocycles. The van der Waals surface area contributed by atoms with E-state index >= 15 is 0 Å². The van der Waals surface area contributed by atoms with Crippen molar-refractivity contribution in [3.05, 3.63) is 0 Å². The summed E-state index contributed by atoms with van der Waals surface area (Å²) in [6.45, 7) is 4.52. The molecular weight excluding hydrogens is 259 g/mol. The second kappa shape index (κ2) is 7.01. The molecule has 0 spiro atoms. The monoisotopic (exact) mass is 294 g/mol. The van der Waals surface area contributed by atoms with Gasteiger partial charge in [-0.25, -0.2) is 4.39 Å². The van der Waals surface area contributed by atoms with Crippen LogP contribution in [-0.4, -0.2) is 6.17 Å². The highest BCUT2D eigenvalue weighted by molar-refractivity contribution is 4.87. The predicted octanol–water partition coefficient (Wildman–Crippen LogP) is 6.39. The summed E-state index contributed by atoms with van der Waals surface area (Å²) in [5, 5.41) is 0. The molecule has 3 unspecified atom stereocenters. The Morgan fingerprint density at radius 3 is 1.52 bits per heavy atom. The Hall–Kier alpha value is -0.0700. The van der Waals surface area contributed by atoms with Gasteiger partial charge >= 0.3 is 0 Å². The highest BCUT2D eigenvalue weighted by Gasteiger charge is 2.36. The fourth-order valence-electron chi connectivity index (χ4n) is 5.57. The van der Waals surface area contributed by atoms with E-state index in [-0.39, 0.29) is 0 Å². The van der Waals surface area contributed by atoms with E-state index in [0.29, 0.717) is 11.8 Å². The first-order chi connectivity index (χ1) is 10.1. The van der Waals surface area contributed by atoms with Gasteiger partial charge in [0.1, 0.15) is 6.17 Å². The smallest absolute Gasteiger partial charge is 0.103 e. The van der Waals surface area contributed by atoms with Gasteiger partial charge in [-0.1, -0.05) is 26.7 Å². The summed E-state index contributed by atoms with van der Waals surface area (Å²) in [6, 6.07) is 0. The Balaban J connectivity index is 1.45. The van der Waals surface area contributed by atoms with Gasteiger partial charge in [0.25, 0.3) is 0 Å². The molecular formula is C20H35F. The number of alkyl halides is 1. The average Bonchev–Trinajstić information content (AvgIpc) is 2.51. The van der Waals surface area contributed by atoms with E-state index in [9.17, 15) is 4.39 Å². The number of halogens is 1. The Labute approximate surface area is 131 Å². The standard InChI is InChI=1S/C20H35F/c1-14-3-6-16(7-4-14)17-9-11-18(12-10-17)19-8-5-15(2)20(21)13-19/h14-20H,3-13H2,1-2H3. The van der Waals surface area contributed by atoms with Gasteiger partial charge in [0.05, 0.1) is 0 Å². The fourth-order valence-corrected chi connectivity index (χ4v) is 5.57. The molecule has 0 saturated heterocycles. The highest BCUT2D eigenvalue weighted by Crippen LogP contribution is 2.46. The SMILES string of the molecule is CC1CCC(C2CCC(C3CCC(C)C(F)C3)CC2)CC1. The maximum Gasteiger partial charge on any atom is 0.103 e. The molecule has 1 heteroatoms. The zero-order valence-corrected chi connectivity index (χ0v) is 14.2. The minimum atomic E-state index is -0.513. The van der Waals surface area contributed by atoms with E-state index < -0.39 is 6.17 Å². The molecule has 21 heavy (non-hydrogen) atoms. The summed E-state index contributed by atoms with van der Waals surface area (Å²) in [5.41, 5.74) is 0. The van der Waals surface area contributed by atoms with Crippen molar-refractivity contribution >= 4 is 0 Å². The Morgan fingerprint density at radius 2 is 1.00 bits per heavy atom. The van der Waals surface area contributed by atoms with Crippen LogP contribution in [0, 0.1) is 35.5 Å². The van der Waals surface area contributed by atoms with E-state index in [2.05, 4.69) is 13.8 Å². The van der Waals surface area contributed by atoms with Gasteiger partial charge in [0.2, 0.25) is 0 Å². The maximum atomic E-state index is 14.0. The lowest BCUT2D eigenvalue weighted by Gasteiger charge is -2.41. The third kappa shape index (κ3) is 3.82. The number of rotatable bonds is 2. The van der Waals surface area contributed by atoms with Crippen molar-refractivity contribution in [2.24, 2.45) is 35.5 Å². The zero-order chi connectivity index (χ0) is 14.8. The lowest BCUT2D eigenvalue weighted by molar-refractivity contribution is 0.0700. The van der Waals surface area contributed by atoms with Gasteiger partial charge in [0.15, 0.2) is 0 Å². The molecule has 122 valence electrons. The molecule has 0 N–H and O–H groups in total. The van der Waals surface area contributed by atoms with Crippen LogP contribution in [0.25, 0.3) is 0 Å². The second-order valence-electron chi connectivity index (χ2n) is 8.76. The molecule has 3 saturated carbocycles. The van der Waals surface area contributed by atoms with Crippen molar-refractivity contribution in [2.75, 3.05) is 0 Å². The van der Waals surface area contributed by atoms with Gasteiger partial charge in [-0.2, -0.15) is 0 Å². The molecule has 3 fully saturated rings. The molecule has 0 nitrogen and oxygen atoms in total. The van der Waals surface area contributed by atoms with Crippen LogP contribution in [-0.2, 0) is 0 Å². The maximum absolute atomic E-state index is 14.0. The summed E-state index contributed by atoms with van der Waals surface area (Å²) >= 11 is 0. The third-order valence-corrected chi connectivity index (χ3v) is 7.35. The highest BCUT2D eigenvalue weighted by atomic mass is 19.1. The molecule has 0 aromatic heterocycles. The Kier molecular flexibility index (Phi) is 5.27. The topological polar surface area (TPSA) is 0 Å². The molecule has 0 bridgehead atoms. The molecule has 3 atom stereocenters. The normalized spacial score (nSPS) is 49.0. The van der Waals surface area contributed by atoms with Crippen molar-refractivity contribution in [3.8, 4) is 0 Å². The van der Waals surface area contributed by atoms with Gasteiger partial charge in [-0.05, 0) is 93.3 Å². The molecule has 0 aromatic rings. The van der Waals surface area contributed by atoms with E-state index in [0.717, 1.165) is 36.5 Å². The van der Waals surface area contributed by atoms with Crippen molar-refractivity contribution in [1.82, 2.24) is 0 Å². The van der Waals surface area contributed by atoms with Crippen molar-refractivity contribution in [3.63, 3.8) is 0 Å². The summed E-state index contributed by atoms with van der Waals surface area (Å²) in [6.07, 6.45) is 14.4. The van der Waals surface area contributed by atoms with Gasteiger partial charge in [-0.15, -0.1) is 0 Å². The summed E-state index contributed by atoms with van der Waals surface area (Å²) in [7, 11) is 0. The van der Waals surface area contributed by atoms with Crippen LogP contribution in [0.1, 0.15) is 84.5 Å². The third-order valence-electron chi connectivity index (χ3n) is 7.35.